The summed E-state index contributed by atoms with van der Waals surface area (Å²) in [4.78, 5) is 15.3. The number of ether oxygens (including phenoxy) is 1. The fourth-order valence-corrected chi connectivity index (χ4v) is 4.30. The van der Waals surface area contributed by atoms with Gasteiger partial charge in [0.15, 0.2) is 0 Å². The second kappa shape index (κ2) is 9.17. The summed E-state index contributed by atoms with van der Waals surface area (Å²) in [6.07, 6.45) is 3.58. The number of anilines is 1. The maximum atomic E-state index is 13.3. The molecule has 1 saturated carbocycles. The van der Waals surface area contributed by atoms with Gasteiger partial charge in [-0.2, -0.15) is 0 Å². The van der Waals surface area contributed by atoms with Crippen LogP contribution in [0.3, 0.4) is 0 Å². The minimum Gasteiger partial charge on any atom is -0.492 e. The van der Waals surface area contributed by atoms with Crippen molar-refractivity contribution in [3.8, 4) is 5.75 Å². The Kier molecular flexibility index (Phi) is 6.86. The number of amides is 1. The molecule has 1 fully saturated rings. The van der Waals surface area contributed by atoms with Crippen LogP contribution in [0.5, 0.6) is 5.75 Å². The molecule has 3 rings (SSSR count). The second-order valence-corrected chi connectivity index (χ2v) is 8.39. The maximum absolute atomic E-state index is 13.3. The maximum Gasteiger partial charge on any atom is 0.235 e. The number of nitrogens with zero attached hydrogens (tertiary/aromatic N) is 1. The summed E-state index contributed by atoms with van der Waals surface area (Å²) in [6, 6.07) is 12.9. The van der Waals surface area contributed by atoms with Crippen molar-refractivity contribution in [2.45, 2.75) is 31.1 Å². The highest BCUT2D eigenvalue weighted by molar-refractivity contribution is 6.35. The predicted octanol–water partition coefficient (Wildman–Crippen LogP) is 5.38. The first-order chi connectivity index (χ1) is 13.4. The van der Waals surface area contributed by atoms with Crippen LogP contribution in [-0.4, -0.2) is 38.1 Å². The molecular weight excluding hydrogens is 395 g/mol. The van der Waals surface area contributed by atoms with Gasteiger partial charge < -0.3 is 15.0 Å². The lowest BCUT2D eigenvalue weighted by Gasteiger charge is -2.29. The van der Waals surface area contributed by atoms with Gasteiger partial charge in [0.25, 0.3) is 0 Å². The zero-order chi connectivity index (χ0) is 20.1. The third-order valence-corrected chi connectivity index (χ3v) is 5.81. The fraction of sp³-hybridized carbons (Fsp3) is 0.409. The number of carbonyl (C=O) groups excluding carboxylic acids is 1. The summed E-state index contributed by atoms with van der Waals surface area (Å²) in [5.41, 5.74) is 1.00. The lowest BCUT2D eigenvalue weighted by Crippen LogP contribution is -2.38. The molecule has 0 aromatic heterocycles. The SMILES string of the molecule is CN(C)CCOc1ccc(NC(=O)C2(c3ccc(Cl)cc3Cl)CCCC2)cc1. The molecule has 1 aliphatic carbocycles. The van der Waals surface area contributed by atoms with E-state index in [1.807, 2.05) is 44.4 Å². The van der Waals surface area contributed by atoms with E-state index >= 15 is 0 Å². The van der Waals surface area contributed by atoms with Crippen LogP contribution in [0, 0.1) is 0 Å². The van der Waals surface area contributed by atoms with Crippen molar-refractivity contribution < 1.29 is 9.53 Å². The topological polar surface area (TPSA) is 41.6 Å². The van der Waals surface area contributed by atoms with Gasteiger partial charge in [0.2, 0.25) is 5.91 Å². The van der Waals surface area contributed by atoms with E-state index in [0.29, 0.717) is 16.7 Å². The van der Waals surface area contributed by atoms with E-state index in [0.717, 1.165) is 49.2 Å². The Morgan fingerprint density at radius 1 is 1.11 bits per heavy atom. The summed E-state index contributed by atoms with van der Waals surface area (Å²) in [6.45, 7) is 1.47. The molecule has 0 heterocycles. The highest BCUT2D eigenvalue weighted by atomic mass is 35.5. The monoisotopic (exact) mass is 420 g/mol. The number of halogens is 2. The van der Waals surface area contributed by atoms with E-state index in [-0.39, 0.29) is 5.91 Å². The van der Waals surface area contributed by atoms with Crippen molar-refractivity contribution in [2.24, 2.45) is 0 Å². The fourth-order valence-electron chi connectivity index (χ4n) is 3.71. The molecule has 0 atom stereocenters. The predicted molar refractivity (Wildman–Crippen MR) is 116 cm³/mol. The molecule has 0 saturated heterocycles. The zero-order valence-electron chi connectivity index (χ0n) is 16.3. The van der Waals surface area contributed by atoms with Crippen molar-refractivity contribution in [1.82, 2.24) is 4.90 Å². The van der Waals surface area contributed by atoms with Crippen LogP contribution < -0.4 is 10.1 Å². The van der Waals surface area contributed by atoms with Gasteiger partial charge in [0.05, 0.1) is 5.41 Å². The molecule has 4 nitrogen and oxygen atoms in total. The van der Waals surface area contributed by atoms with Crippen LogP contribution in [-0.2, 0) is 10.2 Å². The van der Waals surface area contributed by atoms with Gasteiger partial charge in [-0.1, -0.05) is 42.1 Å². The Labute approximate surface area is 176 Å². The number of carbonyl (C=O) groups is 1. The molecule has 0 aliphatic heterocycles. The Morgan fingerprint density at radius 2 is 1.79 bits per heavy atom. The largest absolute Gasteiger partial charge is 0.492 e. The number of benzene rings is 2. The lowest BCUT2D eigenvalue weighted by atomic mass is 9.78. The first-order valence-corrected chi connectivity index (χ1v) is 10.3. The second-order valence-electron chi connectivity index (χ2n) is 7.54. The van der Waals surface area contributed by atoms with Gasteiger partial charge in [-0.3, -0.25) is 4.79 Å². The molecule has 2 aromatic rings. The molecule has 150 valence electrons. The molecule has 0 bridgehead atoms. The standard InChI is InChI=1S/C22H26Cl2N2O2/c1-26(2)13-14-28-18-8-6-17(7-9-18)25-21(27)22(11-3-4-12-22)19-10-5-16(23)15-20(19)24/h5-10,15H,3-4,11-14H2,1-2H3,(H,25,27). The summed E-state index contributed by atoms with van der Waals surface area (Å²) in [5.74, 6) is 0.770. The average molecular weight is 421 g/mol. The minimum atomic E-state index is -0.609. The minimum absolute atomic E-state index is 0.0181. The van der Waals surface area contributed by atoms with Gasteiger partial charge in [0.1, 0.15) is 12.4 Å². The third kappa shape index (κ3) is 4.80. The lowest BCUT2D eigenvalue weighted by molar-refractivity contribution is -0.121. The number of likely N-dealkylation sites (N-methyl/N-ethyl adjacent to an activating group) is 1. The molecule has 0 spiro atoms. The highest BCUT2D eigenvalue weighted by Gasteiger charge is 2.44. The third-order valence-electron chi connectivity index (χ3n) is 5.26. The molecule has 1 amide bonds. The van der Waals surface area contributed by atoms with Crippen molar-refractivity contribution in [1.29, 1.82) is 0 Å². The van der Waals surface area contributed by atoms with Crippen LogP contribution in [0.15, 0.2) is 42.5 Å². The van der Waals surface area contributed by atoms with E-state index in [1.165, 1.54) is 0 Å². The van der Waals surface area contributed by atoms with Crippen molar-refractivity contribution in [3.05, 3.63) is 58.1 Å². The van der Waals surface area contributed by atoms with Crippen LogP contribution in [0.4, 0.5) is 5.69 Å². The van der Waals surface area contributed by atoms with Crippen molar-refractivity contribution in [3.63, 3.8) is 0 Å². The molecular formula is C22H26Cl2N2O2. The molecule has 1 aliphatic rings. The Bertz CT molecular complexity index is 816. The van der Waals surface area contributed by atoms with E-state index in [9.17, 15) is 4.79 Å². The number of hydrogen-bond donors (Lipinski definition) is 1. The van der Waals surface area contributed by atoms with Gasteiger partial charge >= 0.3 is 0 Å². The van der Waals surface area contributed by atoms with Crippen molar-refractivity contribution >= 4 is 34.8 Å². The highest BCUT2D eigenvalue weighted by Crippen LogP contribution is 2.45. The van der Waals surface area contributed by atoms with E-state index in [4.69, 9.17) is 27.9 Å². The first kappa shape index (κ1) is 21.0. The molecule has 2 aromatic carbocycles. The zero-order valence-corrected chi connectivity index (χ0v) is 17.8. The first-order valence-electron chi connectivity index (χ1n) is 9.55. The number of nitrogens with one attached hydrogen (secondary N) is 1. The number of hydrogen-bond acceptors (Lipinski definition) is 3. The van der Waals surface area contributed by atoms with Crippen LogP contribution in [0.1, 0.15) is 31.2 Å². The van der Waals surface area contributed by atoms with E-state index in [1.54, 1.807) is 12.1 Å². The Hall–Kier alpha value is -1.75. The normalized spacial score (nSPS) is 15.6. The summed E-state index contributed by atoms with van der Waals surface area (Å²) >= 11 is 12.5. The Balaban J connectivity index is 1.73. The van der Waals surface area contributed by atoms with Crippen LogP contribution >= 0.6 is 23.2 Å². The van der Waals surface area contributed by atoms with Crippen LogP contribution in [0.25, 0.3) is 0 Å². The average Bonchev–Trinajstić information content (AvgIpc) is 3.14. The summed E-state index contributed by atoms with van der Waals surface area (Å²) < 4.78 is 5.71. The van der Waals surface area contributed by atoms with Gasteiger partial charge in [-0.05, 0) is 68.9 Å². The molecule has 1 N–H and O–H groups in total. The smallest absolute Gasteiger partial charge is 0.235 e. The molecule has 0 unspecified atom stereocenters. The molecule has 6 heteroatoms. The van der Waals surface area contributed by atoms with Gasteiger partial charge in [-0.15, -0.1) is 0 Å². The summed E-state index contributed by atoms with van der Waals surface area (Å²) in [7, 11) is 4.02. The van der Waals surface area contributed by atoms with Crippen molar-refractivity contribution in [2.75, 3.05) is 32.6 Å². The van der Waals surface area contributed by atoms with E-state index in [2.05, 4.69) is 10.2 Å². The molecule has 28 heavy (non-hydrogen) atoms. The van der Waals surface area contributed by atoms with Gasteiger partial charge in [-0.25, -0.2) is 0 Å². The molecule has 0 radical (unpaired) electrons. The number of rotatable bonds is 7. The Morgan fingerprint density at radius 3 is 2.39 bits per heavy atom. The quantitative estimate of drug-likeness (QED) is 0.652. The van der Waals surface area contributed by atoms with Crippen LogP contribution in [0.2, 0.25) is 10.0 Å². The van der Waals surface area contributed by atoms with E-state index < -0.39 is 5.41 Å². The van der Waals surface area contributed by atoms with Gasteiger partial charge in [0, 0.05) is 22.3 Å². The summed E-state index contributed by atoms with van der Waals surface area (Å²) in [5, 5.41) is 4.20.